The van der Waals surface area contributed by atoms with Gasteiger partial charge < -0.3 is 9.47 Å². The summed E-state index contributed by atoms with van der Waals surface area (Å²) >= 11 is 0. The lowest BCUT2D eigenvalue weighted by Crippen LogP contribution is -1.98. The molecule has 26 heavy (non-hydrogen) atoms. The van der Waals surface area contributed by atoms with Crippen molar-refractivity contribution in [3.8, 4) is 47.6 Å². The summed E-state index contributed by atoms with van der Waals surface area (Å²) in [5.74, 6) is 6.41. The number of benzene rings is 2. The van der Waals surface area contributed by atoms with Crippen molar-refractivity contribution >= 4 is 0 Å². The molecule has 0 heterocycles. The van der Waals surface area contributed by atoms with Crippen LogP contribution in [0.4, 0.5) is 0 Å². The van der Waals surface area contributed by atoms with E-state index in [4.69, 9.17) is 30.5 Å². The van der Waals surface area contributed by atoms with Crippen LogP contribution in [0.5, 0.6) is 11.5 Å². The monoisotopic (exact) mass is 338 g/mol. The highest BCUT2D eigenvalue weighted by atomic mass is 16.5. The third-order valence-corrected chi connectivity index (χ3v) is 3.21. The van der Waals surface area contributed by atoms with Crippen molar-refractivity contribution in [2.45, 2.75) is 0 Å². The second kappa shape index (κ2) is 9.00. The van der Waals surface area contributed by atoms with Crippen LogP contribution < -0.4 is 9.47 Å². The maximum Gasteiger partial charge on any atom is 0.149 e. The van der Waals surface area contributed by atoms with Crippen molar-refractivity contribution < 1.29 is 9.47 Å². The van der Waals surface area contributed by atoms with E-state index in [1.54, 1.807) is 12.1 Å². The molecule has 2 aromatic rings. The minimum atomic E-state index is 0.0942. The number of rotatable bonds is 4. The topological polar surface area (TPSA) is 114 Å². The summed E-state index contributed by atoms with van der Waals surface area (Å²) < 4.78 is 10.8. The molecule has 0 aliphatic heterocycles. The number of ether oxygens (including phenoxy) is 2. The maximum absolute atomic E-state index is 8.96. The van der Waals surface area contributed by atoms with Crippen LogP contribution in [0, 0.1) is 57.2 Å². The molecule has 2 rings (SSSR count). The Morgan fingerprint density at radius 1 is 0.577 bits per heavy atom. The predicted molar refractivity (Wildman–Crippen MR) is 90.5 cm³/mol. The molecule has 0 spiro atoms. The van der Waals surface area contributed by atoms with Gasteiger partial charge >= 0.3 is 0 Å². The van der Waals surface area contributed by atoms with E-state index in [1.165, 1.54) is 24.3 Å². The van der Waals surface area contributed by atoms with Crippen LogP contribution in [0.3, 0.4) is 0 Å². The van der Waals surface area contributed by atoms with Gasteiger partial charge in [0.15, 0.2) is 0 Å². The highest BCUT2D eigenvalue weighted by Crippen LogP contribution is 2.17. The SMILES string of the molecule is N#Cc1ccc(OCC#CCOc2ccc(C#N)c(C#N)c2)cc1C#N. The van der Waals surface area contributed by atoms with Gasteiger partial charge in [-0.1, -0.05) is 11.8 Å². The average Bonchev–Trinajstić information content (AvgIpc) is 2.70. The first-order valence-electron chi connectivity index (χ1n) is 7.31. The smallest absolute Gasteiger partial charge is 0.149 e. The van der Waals surface area contributed by atoms with Gasteiger partial charge in [0.05, 0.1) is 22.3 Å². The molecule has 0 aliphatic rings. The van der Waals surface area contributed by atoms with Crippen molar-refractivity contribution in [1.29, 1.82) is 21.0 Å². The van der Waals surface area contributed by atoms with Crippen LogP contribution in [0.2, 0.25) is 0 Å². The largest absolute Gasteiger partial charge is 0.481 e. The van der Waals surface area contributed by atoms with Gasteiger partial charge in [0.25, 0.3) is 0 Å². The lowest BCUT2D eigenvalue weighted by molar-refractivity contribution is 0.362. The van der Waals surface area contributed by atoms with E-state index in [9.17, 15) is 0 Å². The van der Waals surface area contributed by atoms with E-state index in [1.807, 2.05) is 24.3 Å². The Kier molecular flexibility index (Phi) is 6.20. The van der Waals surface area contributed by atoms with Crippen molar-refractivity contribution in [3.63, 3.8) is 0 Å². The Labute approximate surface area is 150 Å². The fraction of sp³-hybridized carbons (Fsp3) is 0.100. The standard InChI is InChI=1S/C20H10N4O2/c21-11-15-3-5-19(9-17(15)13-23)25-7-1-2-8-26-20-6-4-16(12-22)18(10-20)14-24/h3-6,9-10H,7-8H2. The molecule has 0 aromatic heterocycles. The molecule has 6 nitrogen and oxygen atoms in total. The first-order chi connectivity index (χ1) is 12.7. The van der Waals surface area contributed by atoms with Gasteiger partial charge in [-0.25, -0.2) is 0 Å². The predicted octanol–water partition coefficient (Wildman–Crippen LogP) is 2.63. The van der Waals surface area contributed by atoms with Crippen molar-refractivity contribution in [3.05, 3.63) is 58.7 Å². The van der Waals surface area contributed by atoms with Crippen LogP contribution in [0.15, 0.2) is 36.4 Å². The molecular formula is C20H10N4O2. The molecule has 6 heteroatoms. The summed E-state index contributed by atoms with van der Waals surface area (Å²) in [6, 6.07) is 16.9. The van der Waals surface area contributed by atoms with Gasteiger partial charge in [-0.05, 0) is 36.4 Å². The van der Waals surface area contributed by atoms with Gasteiger partial charge in [0, 0.05) is 0 Å². The zero-order chi connectivity index (χ0) is 18.8. The summed E-state index contributed by atoms with van der Waals surface area (Å²) in [7, 11) is 0. The summed E-state index contributed by atoms with van der Waals surface area (Å²) in [6.45, 7) is 0.188. The molecule has 0 fully saturated rings. The number of hydrogen-bond acceptors (Lipinski definition) is 6. The zero-order valence-corrected chi connectivity index (χ0v) is 13.5. The number of hydrogen-bond donors (Lipinski definition) is 0. The quantitative estimate of drug-likeness (QED) is 0.792. The highest BCUT2D eigenvalue weighted by molar-refractivity contribution is 5.50. The molecule has 0 saturated heterocycles. The van der Waals surface area contributed by atoms with Crippen LogP contribution in [0.1, 0.15) is 22.3 Å². The lowest BCUT2D eigenvalue weighted by atomic mass is 10.1. The maximum atomic E-state index is 8.96. The Bertz CT molecular complexity index is 967. The highest BCUT2D eigenvalue weighted by Gasteiger charge is 2.04. The van der Waals surface area contributed by atoms with E-state index >= 15 is 0 Å². The number of nitriles is 4. The second-order valence-corrected chi connectivity index (χ2v) is 4.79. The van der Waals surface area contributed by atoms with Crippen LogP contribution >= 0.6 is 0 Å². The normalized spacial score (nSPS) is 8.62. The Morgan fingerprint density at radius 2 is 0.962 bits per heavy atom. The summed E-state index contributed by atoms with van der Waals surface area (Å²) in [5, 5.41) is 35.6. The summed E-state index contributed by atoms with van der Waals surface area (Å²) in [5.41, 5.74) is 1.07. The van der Waals surface area contributed by atoms with Crippen LogP contribution in [-0.4, -0.2) is 13.2 Å². The van der Waals surface area contributed by atoms with Crippen molar-refractivity contribution in [2.24, 2.45) is 0 Å². The molecule has 0 saturated carbocycles. The Morgan fingerprint density at radius 3 is 1.31 bits per heavy atom. The molecule has 2 aromatic carbocycles. The molecule has 0 atom stereocenters. The minimum absolute atomic E-state index is 0.0942. The lowest BCUT2D eigenvalue weighted by Gasteiger charge is -2.03. The van der Waals surface area contributed by atoms with Crippen LogP contribution in [0.25, 0.3) is 0 Å². The third-order valence-electron chi connectivity index (χ3n) is 3.21. The minimum Gasteiger partial charge on any atom is -0.481 e. The molecule has 0 unspecified atom stereocenters. The van der Waals surface area contributed by atoms with Gasteiger partial charge in [0.2, 0.25) is 0 Å². The molecule has 0 amide bonds. The molecule has 0 bridgehead atoms. The first kappa shape index (κ1) is 17.9. The van der Waals surface area contributed by atoms with E-state index in [-0.39, 0.29) is 24.3 Å². The molecule has 122 valence electrons. The molecular weight excluding hydrogens is 328 g/mol. The van der Waals surface area contributed by atoms with Crippen LogP contribution in [-0.2, 0) is 0 Å². The fourth-order valence-electron chi connectivity index (χ4n) is 1.95. The van der Waals surface area contributed by atoms with E-state index in [0.717, 1.165) is 0 Å². The van der Waals surface area contributed by atoms with Gasteiger partial charge in [-0.15, -0.1) is 0 Å². The Hall–Kier alpha value is -4.44. The van der Waals surface area contributed by atoms with Gasteiger partial charge in [-0.3, -0.25) is 0 Å². The zero-order valence-electron chi connectivity index (χ0n) is 13.5. The third kappa shape index (κ3) is 4.53. The summed E-state index contributed by atoms with van der Waals surface area (Å²) in [6.07, 6.45) is 0. The summed E-state index contributed by atoms with van der Waals surface area (Å²) in [4.78, 5) is 0. The Balaban J connectivity index is 1.87. The second-order valence-electron chi connectivity index (χ2n) is 4.79. The molecule has 0 aliphatic carbocycles. The fourth-order valence-corrected chi connectivity index (χ4v) is 1.95. The van der Waals surface area contributed by atoms with Gasteiger partial charge in [0.1, 0.15) is 49.0 Å². The number of nitrogens with zero attached hydrogens (tertiary/aromatic N) is 4. The van der Waals surface area contributed by atoms with Crippen molar-refractivity contribution in [2.75, 3.05) is 13.2 Å². The van der Waals surface area contributed by atoms with E-state index in [2.05, 4.69) is 11.8 Å². The van der Waals surface area contributed by atoms with Gasteiger partial charge in [-0.2, -0.15) is 21.0 Å². The molecule has 0 radical (unpaired) electrons. The van der Waals surface area contributed by atoms with Crippen molar-refractivity contribution in [1.82, 2.24) is 0 Å². The van der Waals surface area contributed by atoms with E-state index < -0.39 is 0 Å². The molecule has 0 N–H and O–H groups in total. The average molecular weight is 338 g/mol. The van der Waals surface area contributed by atoms with E-state index in [0.29, 0.717) is 22.6 Å². The first-order valence-corrected chi connectivity index (χ1v) is 7.31.